The van der Waals surface area contributed by atoms with Gasteiger partial charge in [0.25, 0.3) is 0 Å². The van der Waals surface area contributed by atoms with Crippen LogP contribution >= 0.6 is 0 Å². The molecule has 0 aliphatic heterocycles. The summed E-state index contributed by atoms with van der Waals surface area (Å²) in [6.45, 7) is 6.48. The minimum Gasteiger partial charge on any atom is -0.273 e. The highest BCUT2D eigenvalue weighted by Gasteiger charge is 1.94. The van der Waals surface area contributed by atoms with Crippen LogP contribution < -0.4 is 0 Å². The average Bonchev–Trinajstić information content (AvgIpc) is 1.99. The van der Waals surface area contributed by atoms with E-state index in [0.717, 1.165) is 6.54 Å². The lowest BCUT2D eigenvalue weighted by Gasteiger charge is -2.11. The molecule has 0 saturated heterocycles. The number of alkyl halides is 1. The van der Waals surface area contributed by atoms with Gasteiger partial charge in [-0.05, 0) is 6.54 Å². The Labute approximate surface area is 61.8 Å². The molecule has 0 bridgehead atoms. The molecule has 0 fully saturated rings. The summed E-state index contributed by atoms with van der Waals surface area (Å²) >= 11 is 0. The zero-order chi connectivity index (χ0) is 7.82. The molecule has 0 aliphatic carbocycles. The van der Waals surface area contributed by atoms with E-state index >= 15 is 0 Å². The monoisotopic (exact) mass is 143 g/mol. The first-order chi connectivity index (χ1) is 4.85. The van der Waals surface area contributed by atoms with Gasteiger partial charge >= 0.3 is 0 Å². The van der Waals surface area contributed by atoms with Crippen LogP contribution in [-0.4, -0.2) is 24.8 Å². The summed E-state index contributed by atoms with van der Waals surface area (Å²) < 4.78 is 12.0. The molecule has 0 rings (SSSR count). The second-order valence-electron chi connectivity index (χ2n) is 1.95. The number of halogens is 1. The molecule has 0 aliphatic rings. The number of hydrogen-bond acceptors (Lipinski definition) is 1. The van der Waals surface area contributed by atoms with Crippen LogP contribution in [0.15, 0.2) is 24.8 Å². The largest absolute Gasteiger partial charge is 0.273 e. The highest BCUT2D eigenvalue weighted by atomic mass is 19.1. The second kappa shape index (κ2) is 6.49. The van der Waals surface area contributed by atoms with Gasteiger partial charge in [0.1, 0.15) is 6.80 Å². The van der Waals surface area contributed by atoms with Crippen molar-refractivity contribution in [3.05, 3.63) is 24.8 Å². The molecule has 10 heavy (non-hydrogen) atoms. The molecule has 0 atom stereocenters. The maximum Gasteiger partial charge on any atom is 0.143 e. The Balaban J connectivity index is 3.43. The van der Waals surface area contributed by atoms with Crippen molar-refractivity contribution in [2.75, 3.05) is 19.9 Å². The number of nitrogens with zero attached hydrogens (tertiary/aromatic N) is 1. The van der Waals surface area contributed by atoms with Crippen molar-refractivity contribution in [2.24, 2.45) is 0 Å². The van der Waals surface area contributed by atoms with Crippen molar-refractivity contribution in [2.45, 2.75) is 6.92 Å². The van der Waals surface area contributed by atoms with E-state index in [9.17, 15) is 4.39 Å². The molecule has 58 valence electrons. The van der Waals surface area contributed by atoms with Gasteiger partial charge in [0.15, 0.2) is 0 Å². The summed E-state index contributed by atoms with van der Waals surface area (Å²) in [5.74, 6) is 0. The van der Waals surface area contributed by atoms with E-state index in [1.165, 1.54) is 0 Å². The lowest BCUT2D eigenvalue weighted by molar-refractivity contribution is 0.213. The van der Waals surface area contributed by atoms with Gasteiger partial charge in [-0.3, -0.25) is 4.90 Å². The van der Waals surface area contributed by atoms with E-state index in [0.29, 0.717) is 6.54 Å². The maximum absolute atomic E-state index is 12.0. The van der Waals surface area contributed by atoms with Gasteiger partial charge in [-0.15, -0.1) is 0 Å². The van der Waals surface area contributed by atoms with Gasteiger partial charge in [-0.25, -0.2) is 4.39 Å². The molecule has 0 radical (unpaired) electrons. The average molecular weight is 143 g/mol. The molecule has 0 N–H and O–H groups in total. The first kappa shape index (κ1) is 9.37. The molecule has 0 aromatic carbocycles. The summed E-state index contributed by atoms with van der Waals surface area (Å²) in [6.07, 6.45) is 5.39. The van der Waals surface area contributed by atoms with E-state index < -0.39 is 0 Å². The molecule has 0 spiro atoms. The predicted octanol–water partition coefficient (Wildman–Crippen LogP) is 1.98. The Hall–Kier alpha value is -0.630. The summed E-state index contributed by atoms with van der Waals surface area (Å²) in [7, 11) is 0. The zero-order valence-electron chi connectivity index (χ0n) is 6.39. The molecule has 0 amide bonds. The van der Waals surface area contributed by atoms with E-state index in [1.807, 2.05) is 19.1 Å². The zero-order valence-corrected chi connectivity index (χ0v) is 6.39. The lowest BCUT2D eigenvalue weighted by Crippen LogP contribution is -2.21. The number of hydrogen-bond donors (Lipinski definition) is 0. The first-order valence-electron chi connectivity index (χ1n) is 3.41. The van der Waals surface area contributed by atoms with Crippen molar-refractivity contribution in [1.82, 2.24) is 4.90 Å². The van der Waals surface area contributed by atoms with E-state index in [-0.39, 0.29) is 6.80 Å². The van der Waals surface area contributed by atoms with Crippen molar-refractivity contribution in [3.63, 3.8) is 0 Å². The first-order valence-corrected chi connectivity index (χ1v) is 3.41. The second-order valence-corrected chi connectivity index (χ2v) is 1.95. The highest BCUT2D eigenvalue weighted by Crippen LogP contribution is 1.88. The Bertz CT molecular complexity index is 106. The Morgan fingerprint density at radius 2 is 2.30 bits per heavy atom. The van der Waals surface area contributed by atoms with Crippen molar-refractivity contribution >= 4 is 0 Å². The van der Waals surface area contributed by atoms with Crippen LogP contribution in [0.25, 0.3) is 0 Å². The third-order valence-corrected chi connectivity index (χ3v) is 1.25. The molecule has 0 saturated carbocycles. The fourth-order valence-electron chi connectivity index (χ4n) is 0.569. The predicted molar refractivity (Wildman–Crippen MR) is 42.6 cm³/mol. The van der Waals surface area contributed by atoms with Crippen LogP contribution in [0.5, 0.6) is 0 Å². The molecular formula is C8H14FN. The van der Waals surface area contributed by atoms with Gasteiger partial charge in [0, 0.05) is 6.54 Å². The summed E-state index contributed by atoms with van der Waals surface area (Å²) in [5.41, 5.74) is 0. The van der Waals surface area contributed by atoms with Crippen LogP contribution in [0.4, 0.5) is 4.39 Å². The quantitative estimate of drug-likeness (QED) is 0.420. The van der Waals surface area contributed by atoms with E-state index in [4.69, 9.17) is 0 Å². The van der Waals surface area contributed by atoms with Gasteiger partial charge in [0.05, 0.1) is 0 Å². The molecular weight excluding hydrogens is 129 g/mol. The van der Waals surface area contributed by atoms with Gasteiger partial charge in [-0.1, -0.05) is 31.7 Å². The fourth-order valence-corrected chi connectivity index (χ4v) is 0.569. The Morgan fingerprint density at radius 1 is 1.60 bits per heavy atom. The Kier molecular flexibility index (Phi) is 6.08. The molecule has 0 heterocycles. The normalized spacial score (nSPS) is 11.1. The van der Waals surface area contributed by atoms with Crippen LogP contribution in [0.3, 0.4) is 0 Å². The Morgan fingerprint density at radius 3 is 2.70 bits per heavy atom. The lowest BCUT2D eigenvalue weighted by atomic mass is 10.4. The number of likely N-dealkylation sites (N-methyl/N-ethyl adjacent to an activating group) is 1. The standard InChI is InChI=1S/C8H14FN/c1-3-5-6-7-10(4-2)8-9/h3,5-6H,1,4,7-8H2,2H3/b6-5+. The van der Waals surface area contributed by atoms with E-state index in [1.54, 1.807) is 11.0 Å². The SMILES string of the molecule is C=C/C=C/CN(CC)CF. The summed E-state index contributed by atoms with van der Waals surface area (Å²) in [5, 5.41) is 0. The summed E-state index contributed by atoms with van der Waals surface area (Å²) in [4.78, 5) is 1.68. The van der Waals surface area contributed by atoms with Crippen LogP contribution in [0.2, 0.25) is 0 Å². The van der Waals surface area contributed by atoms with Gasteiger partial charge in [-0.2, -0.15) is 0 Å². The topological polar surface area (TPSA) is 3.24 Å². The molecule has 0 unspecified atom stereocenters. The smallest absolute Gasteiger partial charge is 0.143 e. The molecule has 1 nitrogen and oxygen atoms in total. The fraction of sp³-hybridized carbons (Fsp3) is 0.500. The minimum absolute atomic E-state index is 0.377. The third kappa shape index (κ3) is 4.27. The maximum atomic E-state index is 12.0. The molecule has 0 aromatic heterocycles. The highest BCUT2D eigenvalue weighted by molar-refractivity contribution is 4.98. The number of rotatable bonds is 5. The van der Waals surface area contributed by atoms with Crippen molar-refractivity contribution < 1.29 is 4.39 Å². The van der Waals surface area contributed by atoms with Crippen LogP contribution in [0.1, 0.15) is 6.92 Å². The summed E-state index contributed by atoms with van der Waals surface area (Å²) in [6, 6.07) is 0. The molecule has 0 aromatic rings. The minimum atomic E-state index is -0.377. The van der Waals surface area contributed by atoms with Gasteiger partial charge < -0.3 is 0 Å². The van der Waals surface area contributed by atoms with Crippen LogP contribution in [0, 0.1) is 0 Å². The van der Waals surface area contributed by atoms with Crippen LogP contribution in [-0.2, 0) is 0 Å². The van der Waals surface area contributed by atoms with Crippen molar-refractivity contribution in [1.29, 1.82) is 0 Å². The molecule has 2 heteroatoms. The van der Waals surface area contributed by atoms with Crippen molar-refractivity contribution in [3.8, 4) is 0 Å². The number of allylic oxidation sites excluding steroid dienone is 2. The van der Waals surface area contributed by atoms with Gasteiger partial charge in [0.2, 0.25) is 0 Å². The third-order valence-electron chi connectivity index (χ3n) is 1.25. The van der Waals surface area contributed by atoms with E-state index in [2.05, 4.69) is 6.58 Å².